The summed E-state index contributed by atoms with van der Waals surface area (Å²) < 4.78 is 11.4. The first-order valence-electron chi connectivity index (χ1n) is 8.73. The van der Waals surface area contributed by atoms with Crippen molar-refractivity contribution in [2.24, 2.45) is 5.73 Å². The summed E-state index contributed by atoms with van der Waals surface area (Å²) in [7, 11) is 0. The van der Waals surface area contributed by atoms with Crippen molar-refractivity contribution < 1.29 is 14.3 Å². The lowest BCUT2D eigenvalue weighted by atomic mass is 10.1. The van der Waals surface area contributed by atoms with Crippen LogP contribution in [0.5, 0.6) is 5.75 Å². The number of benzene rings is 1. The zero-order valence-electron chi connectivity index (χ0n) is 14.5. The number of carbonyl (C=O) groups is 1. The Morgan fingerprint density at radius 2 is 2.12 bits per heavy atom. The summed E-state index contributed by atoms with van der Waals surface area (Å²) in [6.07, 6.45) is 6.66. The van der Waals surface area contributed by atoms with Crippen LogP contribution in [0.25, 0.3) is 0 Å². The fourth-order valence-corrected chi connectivity index (χ4v) is 2.85. The Bertz CT molecular complexity index is 523. The van der Waals surface area contributed by atoms with E-state index < -0.39 is 0 Å². The minimum absolute atomic E-state index is 0. The monoisotopic (exact) mass is 390 g/mol. The van der Waals surface area contributed by atoms with Gasteiger partial charge in [-0.2, -0.15) is 0 Å². The average molecular weight is 391 g/mol. The third kappa shape index (κ3) is 8.27. The van der Waals surface area contributed by atoms with Gasteiger partial charge in [0, 0.05) is 18.1 Å². The quantitative estimate of drug-likeness (QED) is 0.587. The first kappa shape index (κ1) is 22.0. The molecule has 1 aliphatic heterocycles. The molecule has 1 aromatic carbocycles. The summed E-state index contributed by atoms with van der Waals surface area (Å²) in [6.45, 7) is 1.99. The van der Waals surface area contributed by atoms with E-state index in [4.69, 9.17) is 26.8 Å². The van der Waals surface area contributed by atoms with Crippen molar-refractivity contribution in [2.45, 2.75) is 51.0 Å². The maximum Gasteiger partial charge on any atom is 0.224 e. The molecule has 1 unspecified atom stereocenters. The van der Waals surface area contributed by atoms with Gasteiger partial charge in [0.25, 0.3) is 0 Å². The molecule has 1 heterocycles. The second-order valence-corrected chi connectivity index (χ2v) is 6.52. The van der Waals surface area contributed by atoms with Crippen LogP contribution in [0.4, 0.5) is 5.69 Å². The molecule has 0 aromatic heterocycles. The molecule has 1 aromatic rings. The number of unbranched alkanes of at least 4 members (excludes halogenated alkanes) is 3. The van der Waals surface area contributed by atoms with Gasteiger partial charge in [0.05, 0.1) is 11.8 Å². The molecule has 0 radical (unpaired) electrons. The summed E-state index contributed by atoms with van der Waals surface area (Å²) in [4.78, 5) is 12.1. The van der Waals surface area contributed by atoms with Gasteiger partial charge in [-0.15, -0.1) is 12.4 Å². The second kappa shape index (κ2) is 12.4. The Morgan fingerprint density at radius 3 is 2.84 bits per heavy atom. The third-order valence-electron chi connectivity index (χ3n) is 4.02. The van der Waals surface area contributed by atoms with Gasteiger partial charge in [0.2, 0.25) is 5.91 Å². The van der Waals surface area contributed by atoms with E-state index >= 15 is 0 Å². The van der Waals surface area contributed by atoms with Crippen molar-refractivity contribution in [3.63, 3.8) is 0 Å². The number of anilines is 1. The number of nitrogens with two attached hydrogens (primary N) is 1. The normalized spacial score (nSPS) is 16.3. The van der Waals surface area contributed by atoms with Crippen LogP contribution in [0.15, 0.2) is 18.2 Å². The van der Waals surface area contributed by atoms with E-state index in [0.717, 1.165) is 45.1 Å². The summed E-state index contributed by atoms with van der Waals surface area (Å²) in [5.74, 6) is 0.610. The molecule has 1 aliphatic rings. The molecule has 25 heavy (non-hydrogen) atoms. The van der Waals surface area contributed by atoms with E-state index in [9.17, 15) is 4.79 Å². The lowest BCUT2D eigenvalue weighted by Gasteiger charge is -2.15. The van der Waals surface area contributed by atoms with Crippen LogP contribution in [0.3, 0.4) is 0 Å². The molecule has 0 saturated carbocycles. The lowest BCUT2D eigenvalue weighted by molar-refractivity contribution is -0.116. The Balaban J connectivity index is 0.00000312. The molecule has 1 amide bonds. The number of nitrogens with one attached hydrogen (secondary N) is 1. The largest absolute Gasteiger partial charge is 0.489 e. The molecule has 2 rings (SSSR count). The number of halogens is 2. The molecule has 1 atom stereocenters. The molecule has 3 N–H and O–H groups in total. The van der Waals surface area contributed by atoms with Gasteiger partial charge in [0.15, 0.2) is 0 Å². The van der Waals surface area contributed by atoms with Crippen LogP contribution >= 0.6 is 24.0 Å². The van der Waals surface area contributed by atoms with E-state index in [1.54, 1.807) is 18.2 Å². The van der Waals surface area contributed by atoms with Gasteiger partial charge in [-0.1, -0.05) is 24.4 Å². The molecule has 0 spiro atoms. The van der Waals surface area contributed by atoms with E-state index in [0.29, 0.717) is 36.0 Å². The zero-order chi connectivity index (χ0) is 17.2. The van der Waals surface area contributed by atoms with Gasteiger partial charge in [0.1, 0.15) is 12.4 Å². The van der Waals surface area contributed by atoms with Crippen LogP contribution in [0.1, 0.15) is 44.9 Å². The SMILES string of the molecule is Cl.NCCCCCCC(=O)Nc1cc(Cl)ccc1OCC1CCCO1. The molecule has 5 nitrogen and oxygen atoms in total. The molecule has 1 fully saturated rings. The molecular formula is C18H28Cl2N2O3. The highest BCUT2D eigenvalue weighted by atomic mass is 35.5. The Hall–Kier alpha value is -1.01. The Labute approximate surface area is 161 Å². The number of ether oxygens (including phenoxy) is 2. The van der Waals surface area contributed by atoms with E-state index in [1.807, 2.05) is 0 Å². The van der Waals surface area contributed by atoms with Crippen LogP contribution < -0.4 is 15.8 Å². The van der Waals surface area contributed by atoms with Crippen LogP contribution in [-0.2, 0) is 9.53 Å². The fourth-order valence-electron chi connectivity index (χ4n) is 2.68. The first-order valence-corrected chi connectivity index (χ1v) is 9.10. The molecule has 0 aliphatic carbocycles. The molecule has 7 heteroatoms. The topological polar surface area (TPSA) is 73.6 Å². The first-order chi connectivity index (χ1) is 11.7. The predicted octanol–water partition coefficient (Wildman–Crippen LogP) is 4.17. The number of carbonyl (C=O) groups excluding carboxylic acids is 1. The number of hydrogen-bond acceptors (Lipinski definition) is 4. The molecule has 1 saturated heterocycles. The molecule has 0 bridgehead atoms. The summed E-state index contributed by atoms with van der Waals surface area (Å²) in [6, 6.07) is 5.27. The second-order valence-electron chi connectivity index (χ2n) is 6.09. The maximum absolute atomic E-state index is 12.1. The van der Waals surface area contributed by atoms with Gasteiger partial charge >= 0.3 is 0 Å². The van der Waals surface area contributed by atoms with Crippen molar-refractivity contribution in [3.05, 3.63) is 23.2 Å². The highest BCUT2D eigenvalue weighted by Crippen LogP contribution is 2.29. The summed E-state index contributed by atoms with van der Waals surface area (Å²) in [5, 5.41) is 3.47. The highest BCUT2D eigenvalue weighted by Gasteiger charge is 2.17. The lowest BCUT2D eigenvalue weighted by Crippen LogP contribution is -2.18. The standard InChI is InChI=1S/C18H27ClN2O3.ClH/c19-14-8-9-17(24-13-15-6-5-11-23-15)16(12-14)21-18(22)7-3-1-2-4-10-20;/h8-9,12,15H,1-7,10-11,13,20H2,(H,21,22);1H. The van der Waals surface area contributed by atoms with E-state index in [1.165, 1.54) is 0 Å². The molecular weight excluding hydrogens is 363 g/mol. The Kier molecular flexibility index (Phi) is 10.9. The number of rotatable bonds is 10. The summed E-state index contributed by atoms with van der Waals surface area (Å²) in [5.41, 5.74) is 6.08. The van der Waals surface area contributed by atoms with E-state index in [-0.39, 0.29) is 24.4 Å². The van der Waals surface area contributed by atoms with Gasteiger partial charge < -0.3 is 20.5 Å². The Morgan fingerprint density at radius 1 is 1.32 bits per heavy atom. The summed E-state index contributed by atoms with van der Waals surface area (Å²) >= 11 is 6.05. The van der Waals surface area contributed by atoms with Crippen LogP contribution in [0.2, 0.25) is 5.02 Å². The van der Waals surface area contributed by atoms with Gasteiger partial charge in [-0.3, -0.25) is 4.79 Å². The third-order valence-corrected chi connectivity index (χ3v) is 4.26. The number of hydrogen-bond donors (Lipinski definition) is 2. The van der Waals surface area contributed by atoms with Crippen molar-refractivity contribution in [2.75, 3.05) is 25.1 Å². The minimum atomic E-state index is -0.0213. The fraction of sp³-hybridized carbons (Fsp3) is 0.611. The highest BCUT2D eigenvalue weighted by molar-refractivity contribution is 6.31. The van der Waals surface area contributed by atoms with Crippen molar-refractivity contribution >= 4 is 35.6 Å². The van der Waals surface area contributed by atoms with Crippen molar-refractivity contribution in [3.8, 4) is 5.75 Å². The average Bonchev–Trinajstić information content (AvgIpc) is 3.07. The van der Waals surface area contributed by atoms with Gasteiger partial charge in [-0.05, 0) is 50.4 Å². The van der Waals surface area contributed by atoms with Gasteiger partial charge in [-0.25, -0.2) is 0 Å². The smallest absolute Gasteiger partial charge is 0.224 e. The van der Waals surface area contributed by atoms with Crippen molar-refractivity contribution in [1.82, 2.24) is 0 Å². The zero-order valence-corrected chi connectivity index (χ0v) is 16.0. The minimum Gasteiger partial charge on any atom is -0.489 e. The van der Waals surface area contributed by atoms with Crippen molar-refractivity contribution in [1.29, 1.82) is 0 Å². The predicted molar refractivity (Wildman–Crippen MR) is 104 cm³/mol. The van der Waals surface area contributed by atoms with Crippen LogP contribution in [-0.4, -0.2) is 31.8 Å². The van der Waals surface area contributed by atoms with Crippen LogP contribution in [0, 0.1) is 0 Å². The molecule has 142 valence electrons. The van der Waals surface area contributed by atoms with E-state index in [2.05, 4.69) is 5.32 Å². The number of amides is 1. The maximum atomic E-state index is 12.1.